The minimum Gasteiger partial charge on any atom is -0.354 e. The Morgan fingerprint density at radius 1 is 0.841 bits per heavy atom. The van der Waals surface area contributed by atoms with Crippen molar-refractivity contribution >= 4 is 39.1 Å². The molecule has 0 bridgehead atoms. The van der Waals surface area contributed by atoms with Crippen molar-refractivity contribution in [2.75, 3.05) is 17.4 Å². The van der Waals surface area contributed by atoms with E-state index >= 15 is 0 Å². The van der Waals surface area contributed by atoms with Crippen LogP contribution in [-0.2, 0) is 32.6 Å². The van der Waals surface area contributed by atoms with Gasteiger partial charge in [0.1, 0.15) is 12.6 Å². The summed E-state index contributed by atoms with van der Waals surface area (Å²) in [5.41, 5.74) is 3.59. The molecule has 44 heavy (non-hydrogen) atoms. The van der Waals surface area contributed by atoms with Crippen LogP contribution >= 0.6 is 11.6 Å². The van der Waals surface area contributed by atoms with E-state index in [1.165, 1.54) is 4.90 Å². The molecule has 0 fully saturated rings. The van der Waals surface area contributed by atoms with E-state index in [1.807, 2.05) is 56.3 Å². The number of hydrogen-bond donors (Lipinski definition) is 1. The molecule has 4 aromatic rings. The summed E-state index contributed by atoms with van der Waals surface area (Å²) in [6, 6.07) is 29.2. The molecule has 0 aliphatic carbocycles. The van der Waals surface area contributed by atoms with Gasteiger partial charge in [0.2, 0.25) is 11.8 Å². The SMILES string of the molecule is CCCNC(=O)C(Cc1ccccc1)N(Cc1cccc(Cl)c1)C(=O)CN(c1ccccc1C)S(=O)(=O)c1ccc(C)cc1. The van der Waals surface area contributed by atoms with Gasteiger partial charge in [0.25, 0.3) is 10.0 Å². The van der Waals surface area contributed by atoms with E-state index in [-0.39, 0.29) is 23.8 Å². The zero-order valence-electron chi connectivity index (χ0n) is 25.2. The number of anilines is 1. The van der Waals surface area contributed by atoms with Crippen LogP contribution in [0.25, 0.3) is 0 Å². The molecule has 0 aromatic heterocycles. The van der Waals surface area contributed by atoms with Gasteiger partial charge in [-0.2, -0.15) is 0 Å². The van der Waals surface area contributed by atoms with Crippen LogP contribution in [0.3, 0.4) is 0 Å². The number of nitrogens with zero attached hydrogens (tertiary/aromatic N) is 2. The molecule has 1 unspecified atom stereocenters. The lowest BCUT2D eigenvalue weighted by atomic mass is 10.0. The van der Waals surface area contributed by atoms with Crippen molar-refractivity contribution in [1.29, 1.82) is 0 Å². The van der Waals surface area contributed by atoms with Crippen molar-refractivity contribution in [2.45, 2.75) is 51.1 Å². The molecular weight excluding hydrogens is 594 g/mol. The average molecular weight is 632 g/mol. The number of halogens is 1. The smallest absolute Gasteiger partial charge is 0.264 e. The highest BCUT2D eigenvalue weighted by atomic mass is 35.5. The Kier molecular flexibility index (Phi) is 11.2. The van der Waals surface area contributed by atoms with Crippen molar-refractivity contribution < 1.29 is 18.0 Å². The molecule has 2 amide bonds. The van der Waals surface area contributed by atoms with Gasteiger partial charge in [0.15, 0.2) is 0 Å². The quantitative estimate of drug-likeness (QED) is 0.187. The van der Waals surface area contributed by atoms with Crippen molar-refractivity contribution in [3.8, 4) is 0 Å². The molecule has 0 heterocycles. The molecule has 0 aliphatic rings. The van der Waals surface area contributed by atoms with E-state index in [1.54, 1.807) is 67.6 Å². The molecule has 1 N–H and O–H groups in total. The largest absolute Gasteiger partial charge is 0.354 e. The first-order valence-corrected chi connectivity index (χ1v) is 16.4. The number of aryl methyl sites for hydroxylation is 2. The highest BCUT2D eigenvalue weighted by molar-refractivity contribution is 7.92. The van der Waals surface area contributed by atoms with Crippen molar-refractivity contribution in [2.24, 2.45) is 0 Å². The third-order valence-corrected chi connectivity index (χ3v) is 9.34. The fourth-order valence-corrected chi connectivity index (χ4v) is 6.64. The number of amides is 2. The van der Waals surface area contributed by atoms with E-state index < -0.39 is 28.5 Å². The van der Waals surface area contributed by atoms with Crippen LogP contribution in [0, 0.1) is 13.8 Å². The third kappa shape index (κ3) is 8.27. The molecule has 4 aromatic carbocycles. The lowest BCUT2D eigenvalue weighted by molar-refractivity contribution is -0.140. The van der Waals surface area contributed by atoms with Gasteiger partial charge in [-0.1, -0.05) is 96.9 Å². The second-order valence-corrected chi connectivity index (χ2v) is 13.1. The van der Waals surface area contributed by atoms with Gasteiger partial charge in [-0.05, 0) is 67.3 Å². The molecule has 0 aliphatic heterocycles. The third-order valence-electron chi connectivity index (χ3n) is 7.33. The lowest BCUT2D eigenvalue weighted by Crippen LogP contribution is -2.53. The van der Waals surface area contributed by atoms with Gasteiger partial charge in [0.05, 0.1) is 10.6 Å². The van der Waals surface area contributed by atoms with Gasteiger partial charge in [-0.15, -0.1) is 0 Å². The summed E-state index contributed by atoms with van der Waals surface area (Å²) < 4.78 is 29.4. The minimum absolute atomic E-state index is 0.0582. The lowest BCUT2D eigenvalue weighted by Gasteiger charge is -2.34. The molecular formula is C35H38ClN3O4S. The second-order valence-electron chi connectivity index (χ2n) is 10.8. The summed E-state index contributed by atoms with van der Waals surface area (Å²) in [5.74, 6) is -0.827. The molecule has 9 heteroatoms. The van der Waals surface area contributed by atoms with E-state index in [4.69, 9.17) is 11.6 Å². The fraction of sp³-hybridized carbons (Fsp3) is 0.257. The highest BCUT2D eigenvalue weighted by Gasteiger charge is 2.35. The van der Waals surface area contributed by atoms with E-state index in [0.717, 1.165) is 27.4 Å². The van der Waals surface area contributed by atoms with Gasteiger partial charge in [0, 0.05) is 24.5 Å². The normalized spacial score (nSPS) is 11.9. The van der Waals surface area contributed by atoms with Crippen LogP contribution in [-0.4, -0.2) is 44.3 Å². The predicted octanol–water partition coefficient (Wildman–Crippen LogP) is 6.32. The summed E-state index contributed by atoms with van der Waals surface area (Å²) in [5, 5.41) is 3.44. The Hall–Kier alpha value is -4.14. The van der Waals surface area contributed by atoms with E-state index in [9.17, 15) is 18.0 Å². The minimum atomic E-state index is -4.16. The van der Waals surface area contributed by atoms with Gasteiger partial charge >= 0.3 is 0 Å². The number of carbonyl (C=O) groups excluding carboxylic acids is 2. The average Bonchev–Trinajstić information content (AvgIpc) is 3.01. The molecule has 0 saturated heterocycles. The summed E-state index contributed by atoms with van der Waals surface area (Å²) >= 11 is 6.30. The summed E-state index contributed by atoms with van der Waals surface area (Å²) in [4.78, 5) is 29.7. The topological polar surface area (TPSA) is 86.8 Å². The van der Waals surface area contributed by atoms with Crippen LogP contribution in [0.4, 0.5) is 5.69 Å². The molecule has 1 atom stereocenters. The number of para-hydroxylation sites is 1. The number of rotatable bonds is 13. The van der Waals surface area contributed by atoms with Crippen molar-refractivity contribution in [3.63, 3.8) is 0 Å². The summed E-state index contributed by atoms with van der Waals surface area (Å²) in [6.07, 6.45) is 0.972. The van der Waals surface area contributed by atoms with Crippen molar-refractivity contribution in [3.05, 3.63) is 130 Å². The zero-order chi connectivity index (χ0) is 31.7. The number of sulfonamides is 1. The van der Waals surface area contributed by atoms with Crippen LogP contribution in [0.15, 0.2) is 108 Å². The van der Waals surface area contributed by atoms with Gasteiger partial charge < -0.3 is 10.2 Å². The molecule has 0 spiro atoms. The Labute approximate surface area is 265 Å². The molecule has 230 valence electrons. The maximum Gasteiger partial charge on any atom is 0.264 e. The Balaban J connectivity index is 1.80. The molecule has 0 saturated carbocycles. The number of benzene rings is 4. The van der Waals surface area contributed by atoms with E-state index in [0.29, 0.717) is 22.8 Å². The standard InChI is InChI=1S/C35H38ClN3O4S/c1-4-21-37-35(41)33(23-28-12-6-5-7-13-28)38(24-29-14-10-15-30(36)22-29)34(40)25-39(32-16-9-8-11-27(32)3)44(42,43)31-19-17-26(2)18-20-31/h5-20,22,33H,4,21,23-25H2,1-3H3,(H,37,41). The molecule has 4 rings (SSSR count). The monoisotopic (exact) mass is 631 g/mol. The predicted molar refractivity (Wildman–Crippen MR) is 176 cm³/mol. The van der Waals surface area contributed by atoms with Crippen LogP contribution in [0.1, 0.15) is 35.6 Å². The first-order chi connectivity index (χ1) is 21.1. The molecule has 0 radical (unpaired) electrons. The second kappa shape index (κ2) is 15.0. The van der Waals surface area contributed by atoms with Crippen molar-refractivity contribution in [1.82, 2.24) is 10.2 Å². The van der Waals surface area contributed by atoms with Gasteiger partial charge in [-0.3, -0.25) is 13.9 Å². The summed E-state index contributed by atoms with van der Waals surface area (Å²) in [7, 11) is -4.16. The Morgan fingerprint density at radius 2 is 1.50 bits per heavy atom. The fourth-order valence-electron chi connectivity index (χ4n) is 4.95. The maximum atomic E-state index is 14.5. The highest BCUT2D eigenvalue weighted by Crippen LogP contribution is 2.28. The summed E-state index contributed by atoms with van der Waals surface area (Å²) in [6.45, 7) is 5.63. The Bertz CT molecular complexity index is 1680. The number of hydrogen-bond acceptors (Lipinski definition) is 4. The molecule has 7 nitrogen and oxygen atoms in total. The van der Waals surface area contributed by atoms with Crippen LogP contribution < -0.4 is 9.62 Å². The van der Waals surface area contributed by atoms with Crippen LogP contribution in [0.5, 0.6) is 0 Å². The number of nitrogens with one attached hydrogen (secondary N) is 1. The first kappa shape index (κ1) is 32.8. The van der Waals surface area contributed by atoms with Crippen LogP contribution in [0.2, 0.25) is 5.02 Å². The van der Waals surface area contributed by atoms with Gasteiger partial charge in [-0.25, -0.2) is 8.42 Å². The maximum absolute atomic E-state index is 14.5. The van der Waals surface area contributed by atoms with E-state index in [2.05, 4.69) is 5.32 Å². The Morgan fingerprint density at radius 3 is 2.16 bits per heavy atom. The first-order valence-electron chi connectivity index (χ1n) is 14.6. The zero-order valence-corrected chi connectivity index (χ0v) is 26.8. The number of carbonyl (C=O) groups is 2.